The summed E-state index contributed by atoms with van der Waals surface area (Å²) in [6, 6.07) is 1.44. The Hall–Kier alpha value is -0.0800. The van der Waals surface area contributed by atoms with Crippen LogP contribution in [0.2, 0.25) is 0 Å². The summed E-state index contributed by atoms with van der Waals surface area (Å²) in [6.45, 7) is 10.4. The van der Waals surface area contributed by atoms with E-state index in [9.17, 15) is 0 Å². The first-order valence-corrected chi connectivity index (χ1v) is 7.38. The van der Waals surface area contributed by atoms with Crippen LogP contribution in [0.15, 0.2) is 0 Å². The highest BCUT2D eigenvalue weighted by molar-refractivity contribution is 4.71. The first-order valence-electron chi connectivity index (χ1n) is 7.38. The van der Waals surface area contributed by atoms with Crippen molar-refractivity contribution in [3.8, 4) is 0 Å². The zero-order chi connectivity index (χ0) is 13.3. The summed E-state index contributed by atoms with van der Waals surface area (Å²) in [5, 5.41) is 3.32. The molecule has 0 aromatic heterocycles. The van der Waals surface area contributed by atoms with E-state index < -0.39 is 0 Å². The molecule has 0 amide bonds. The fourth-order valence-corrected chi connectivity index (χ4v) is 2.45. The fraction of sp³-hybridized carbons (Fsp3) is 1.00. The van der Waals surface area contributed by atoms with Crippen LogP contribution < -0.4 is 5.32 Å². The second-order valence-corrected chi connectivity index (χ2v) is 5.90. The summed E-state index contributed by atoms with van der Waals surface area (Å²) in [4.78, 5) is 2.57. The Labute approximate surface area is 109 Å². The predicted molar refractivity (Wildman–Crippen MR) is 78.5 cm³/mol. The number of nitrogens with one attached hydrogen (secondary N) is 1. The lowest BCUT2D eigenvalue weighted by Gasteiger charge is -2.29. The zero-order valence-electron chi connectivity index (χ0n) is 12.9. The van der Waals surface area contributed by atoms with Crippen molar-refractivity contribution in [2.45, 2.75) is 71.9 Å². The van der Waals surface area contributed by atoms with Crippen molar-refractivity contribution < 1.29 is 0 Å². The average Bonchev–Trinajstić information content (AvgIpc) is 2.26. The van der Waals surface area contributed by atoms with Gasteiger partial charge in [-0.1, -0.05) is 33.6 Å². The lowest BCUT2D eigenvalue weighted by atomic mass is 10.0. The lowest BCUT2D eigenvalue weighted by molar-refractivity contribution is 0.191. The second kappa shape index (κ2) is 9.90. The van der Waals surface area contributed by atoms with Crippen LogP contribution in [0, 0.1) is 5.92 Å². The minimum atomic E-state index is 0.660. The molecule has 0 aliphatic rings. The molecule has 2 nitrogen and oxygen atoms in total. The monoisotopic (exact) mass is 242 g/mol. The fourth-order valence-electron chi connectivity index (χ4n) is 2.45. The van der Waals surface area contributed by atoms with Crippen LogP contribution in [0.1, 0.15) is 59.8 Å². The number of rotatable bonds is 10. The maximum atomic E-state index is 3.32. The summed E-state index contributed by atoms with van der Waals surface area (Å²) in [5.74, 6) is 0.774. The van der Waals surface area contributed by atoms with Gasteiger partial charge in [-0.05, 0) is 46.2 Å². The van der Waals surface area contributed by atoms with Gasteiger partial charge in [0.25, 0.3) is 0 Å². The Bertz CT molecular complexity index is 168. The summed E-state index contributed by atoms with van der Waals surface area (Å²) >= 11 is 0. The normalized spacial score (nSPS) is 15.5. The summed E-state index contributed by atoms with van der Waals surface area (Å²) in [5.41, 5.74) is 0. The average molecular weight is 242 g/mol. The van der Waals surface area contributed by atoms with E-state index in [4.69, 9.17) is 0 Å². The van der Waals surface area contributed by atoms with Crippen molar-refractivity contribution in [2.24, 2.45) is 5.92 Å². The molecular formula is C15H34N2. The highest BCUT2D eigenvalue weighted by Gasteiger charge is 2.14. The first kappa shape index (κ1) is 16.9. The van der Waals surface area contributed by atoms with E-state index in [0.29, 0.717) is 6.04 Å². The molecule has 17 heavy (non-hydrogen) atoms. The molecule has 0 bridgehead atoms. The maximum absolute atomic E-state index is 3.32. The van der Waals surface area contributed by atoms with Crippen LogP contribution in [0.25, 0.3) is 0 Å². The third-order valence-electron chi connectivity index (χ3n) is 3.57. The molecular weight excluding hydrogens is 208 g/mol. The van der Waals surface area contributed by atoms with Crippen molar-refractivity contribution in [1.29, 1.82) is 0 Å². The summed E-state index contributed by atoms with van der Waals surface area (Å²) in [7, 11) is 4.35. The number of hydrogen-bond donors (Lipinski definition) is 1. The Morgan fingerprint density at radius 1 is 1.06 bits per heavy atom. The van der Waals surface area contributed by atoms with E-state index in [1.54, 1.807) is 0 Å². The minimum absolute atomic E-state index is 0.660. The van der Waals surface area contributed by atoms with Gasteiger partial charge in [-0.25, -0.2) is 0 Å². The van der Waals surface area contributed by atoms with Gasteiger partial charge in [-0.3, -0.25) is 0 Å². The Balaban J connectivity index is 3.96. The van der Waals surface area contributed by atoms with Gasteiger partial charge in [0.2, 0.25) is 0 Å². The predicted octanol–water partition coefficient (Wildman–Crippen LogP) is 3.52. The quantitative estimate of drug-likeness (QED) is 0.630. The summed E-state index contributed by atoms with van der Waals surface area (Å²) in [6.07, 6.45) is 6.64. The molecule has 0 saturated carbocycles. The molecule has 0 aliphatic carbocycles. The second-order valence-electron chi connectivity index (χ2n) is 5.90. The van der Waals surface area contributed by atoms with Gasteiger partial charge in [0.15, 0.2) is 0 Å². The van der Waals surface area contributed by atoms with Gasteiger partial charge < -0.3 is 10.2 Å². The van der Waals surface area contributed by atoms with Crippen LogP contribution in [0.4, 0.5) is 0 Å². The molecule has 0 radical (unpaired) electrons. The van der Waals surface area contributed by atoms with Crippen molar-refractivity contribution >= 4 is 0 Å². The van der Waals surface area contributed by atoms with E-state index in [0.717, 1.165) is 12.0 Å². The SMILES string of the molecule is CCCC(CCC[C@@H](C)NC)N(C)CC(C)C. The highest BCUT2D eigenvalue weighted by Crippen LogP contribution is 2.15. The molecule has 0 saturated heterocycles. The van der Waals surface area contributed by atoms with Crippen LogP contribution in [0.5, 0.6) is 0 Å². The lowest BCUT2D eigenvalue weighted by Crippen LogP contribution is -2.34. The molecule has 2 atom stereocenters. The minimum Gasteiger partial charge on any atom is -0.317 e. The standard InChI is InChI=1S/C15H34N2/c1-7-9-15(17(6)12-13(2)3)11-8-10-14(4)16-5/h13-16H,7-12H2,1-6H3/t14-,15?/m1/s1. The van der Waals surface area contributed by atoms with Crippen molar-refractivity contribution in [3.63, 3.8) is 0 Å². The van der Waals surface area contributed by atoms with Gasteiger partial charge in [0, 0.05) is 18.6 Å². The first-order chi connectivity index (χ1) is 8.01. The molecule has 0 fully saturated rings. The third kappa shape index (κ3) is 8.62. The Kier molecular flexibility index (Phi) is 9.85. The molecule has 0 heterocycles. The molecule has 1 unspecified atom stereocenters. The Morgan fingerprint density at radius 3 is 2.18 bits per heavy atom. The van der Waals surface area contributed by atoms with Gasteiger partial charge >= 0.3 is 0 Å². The van der Waals surface area contributed by atoms with Crippen molar-refractivity contribution in [3.05, 3.63) is 0 Å². The molecule has 2 heteroatoms. The largest absolute Gasteiger partial charge is 0.317 e. The van der Waals surface area contributed by atoms with E-state index in [2.05, 4.69) is 52.0 Å². The summed E-state index contributed by atoms with van der Waals surface area (Å²) < 4.78 is 0. The van der Waals surface area contributed by atoms with Gasteiger partial charge in [0.05, 0.1) is 0 Å². The smallest absolute Gasteiger partial charge is 0.00922 e. The van der Waals surface area contributed by atoms with Gasteiger partial charge in [0.1, 0.15) is 0 Å². The van der Waals surface area contributed by atoms with Crippen LogP contribution >= 0.6 is 0 Å². The zero-order valence-corrected chi connectivity index (χ0v) is 12.9. The van der Waals surface area contributed by atoms with Gasteiger partial charge in [-0.2, -0.15) is 0 Å². The van der Waals surface area contributed by atoms with E-state index in [-0.39, 0.29) is 0 Å². The molecule has 0 aromatic rings. The number of nitrogens with zero attached hydrogens (tertiary/aromatic N) is 1. The molecule has 104 valence electrons. The highest BCUT2D eigenvalue weighted by atomic mass is 15.1. The molecule has 0 aromatic carbocycles. The molecule has 0 aliphatic heterocycles. The van der Waals surface area contributed by atoms with Gasteiger partial charge in [-0.15, -0.1) is 0 Å². The van der Waals surface area contributed by atoms with E-state index >= 15 is 0 Å². The number of hydrogen-bond acceptors (Lipinski definition) is 2. The van der Waals surface area contributed by atoms with Crippen LogP contribution in [0.3, 0.4) is 0 Å². The van der Waals surface area contributed by atoms with E-state index in [1.165, 1.54) is 38.6 Å². The van der Waals surface area contributed by atoms with Crippen molar-refractivity contribution in [2.75, 3.05) is 20.6 Å². The van der Waals surface area contributed by atoms with Crippen LogP contribution in [-0.2, 0) is 0 Å². The molecule has 1 N–H and O–H groups in total. The Morgan fingerprint density at radius 2 is 1.71 bits per heavy atom. The maximum Gasteiger partial charge on any atom is 0.00922 e. The topological polar surface area (TPSA) is 15.3 Å². The third-order valence-corrected chi connectivity index (χ3v) is 3.57. The molecule has 0 rings (SSSR count). The van der Waals surface area contributed by atoms with Crippen LogP contribution in [-0.4, -0.2) is 37.6 Å². The molecule has 0 spiro atoms. The van der Waals surface area contributed by atoms with E-state index in [1.807, 2.05) is 0 Å². The van der Waals surface area contributed by atoms with Crippen molar-refractivity contribution in [1.82, 2.24) is 10.2 Å².